The summed E-state index contributed by atoms with van der Waals surface area (Å²) in [5, 5.41) is 2.79. The van der Waals surface area contributed by atoms with Crippen molar-refractivity contribution in [2.75, 3.05) is 19.0 Å². The van der Waals surface area contributed by atoms with Gasteiger partial charge in [0.25, 0.3) is 5.91 Å². The van der Waals surface area contributed by atoms with Gasteiger partial charge in [-0.3, -0.25) is 9.20 Å². The van der Waals surface area contributed by atoms with Crippen LogP contribution < -0.4 is 5.32 Å². The molecule has 2 heterocycles. The smallest absolute Gasteiger partial charge is 0.251 e. The maximum Gasteiger partial charge on any atom is 0.251 e. The number of aromatic nitrogens is 2. The van der Waals surface area contributed by atoms with Gasteiger partial charge in [0.15, 0.2) is 0 Å². The number of nitrogens with one attached hydrogen (secondary N) is 1. The number of fused-ring (bicyclic) bond motifs is 1. The zero-order chi connectivity index (χ0) is 15.5. The van der Waals surface area contributed by atoms with E-state index in [4.69, 9.17) is 4.74 Å². The molecule has 0 fully saturated rings. The van der Waals surface area contributed by atoms with Crippen molar-refractivity contribution in [3.63, 3.8) is 0 Å². The van der Waals surface area contributed by atoms with Gasteiger partial charge < -0.3 is 10.1 Å². The molecule has 2 aromatic heterocycles. The van der Waals surface area contributed by atoms with E-state index in [1.807, 2.05) is 18.2 Å². The molecule has 0 bridgehead atoms. The number of halogens is 1. The number of imidazole rings is 1. The van der Waals surface area contributed by atoms with Crippen molar-refractivity contribution in [1.82, 2.24) is 9.38 Å². The van der Waals surface area contributed by atoms with Crippen molar-refractivity contribution in [3.8, 4) is 11.3 Å². The highest BCUT2D eigenvalue weighted by atomic mass is 19.1. The highest BCUT2D eigenvalue weighted by molar-refractivity contribution is 5.95. The van der Waals surface area contributed by atoms with Crippen molar-refractivity contribution < 1.29 is 13.9 Å². The first-order valence-corrected chi connectivity index (χ1v) is 6.71. The fraction of sp³-hybridized carbons (Fsp3) is 0.125. The summed E-state index contributed by atoms with van der Waals surface area (Å²) >= 11 is 0. The molecule has 0 saturated heterocycles. The maximum absolute atomic E-state index is 13.1. The molecule has 0 atom stereocenters. The van der Waals surface area contributed by atoms with Crippen LogP contribution in [0.2, 0.25) is 0 Å². The molecule has 22 heavy (non-hydrogen) atoms. The lowest BCUT2D eigenvalue weighted by atomic mass is 10.1. The molecule has 5 nitrogen and oxygen atoms in total. The summed E-state index contributed by atoms with van der Waals surface area (Å²) in [4.78, 5) is 16.4. The minimum Gasteiger partial charge on any atom is -0.375 e. The van der Waals surface area contributed by atoms with E-state index in [0.29, 0.717) is 17.2 Å². The number of hydrogen-bond donors (Lipinski definition) is 1. The number of nitrogens with zero attached hydrogens (tertiary/aromatic N) is 2. The van der Waals surface area contributed by atoms with Gasteiger partial charge in [-0.15, -0.1) is 0 Å². The zero-order valence-corrected chi connectivity index (χ0v) is 11.9. The van der Waals surface area contributed by atoms with Crippen molar-refractivity contribution in [2.24, 2.45) is 0 Å². The van der Waals surface area contributed by atoms with Crippen molar-refractivity contribution >= 4 is 17.4 Å². The van der Waals surface area contributed by atoms with Gasteiger partial charge in [-0.2, -0.15) is 0 Å². The maximum atomic E-state index is 13.1. The molecule has 0 saturated carbocycles. The lowest BCUT2D eigenvalue weighted by Crippen LogP contribution is -2.18. The van der Waals surface area contributed by atoms with Crippen molar-refractivity contribution in [1.29, 1.82) is 0 Å². The van der Waals surface area contributed by atoms with Crippen LogP contribution in [-0.2, 0) is 9.53 Å². The number of methoxy groups -OCH3 is 1. The predicted octanol–water partition coefficient (Wildman–Crippen LogP) is 2.73. The standard InChI is InChI=1S/C16H14FN3O2/c1-22-10-14(21)19-16-15(11-5-7-12(17)8-6-11)18-13-4-2-3-9-20(13)16/h2-9H,10H2,1H3,(H,19,21). The fourth-order valence-corrected chi connectivity index (χ4v) is 2.22. The second-order valence-electron chi connectivity index (χ2n) is 4.73. The Balaban J connectivity index is 2.11. The molecular weight excluding hydrogens is 285 g/mol. The summed E-state index contributed by atoms with van der Waals surface area (Å²) in [6.07, 6.45) is 1.80. The molecule has 3 rings (SSSR count). The van der Waals surface area contributed by atoms with Crippen molar-refractivity contribution in [2.45, 2.75) is 0 Å². The predicted molar refractivity (Wildman–Crippen MR) is 81.1 cm³/mol. The monoisotopic (exact) mass is 299 g/mol. The summed E-state index contributed by atoms with van der Waals surface area (Å²) in [7, 11) is 1.45. The Morgan fingerprint density at radius 1 is 1.27 bits per heavy atom. The fourth-order valence-electron chi connectivity index (χ4n) is 2.22. The number of amides is 1. The van der Waals surface area contributed by atoms with Crippen LogP contribution >= 0.6 is 0 Å². The summed E-state index contributed by atoms with van der Waals surface area (Å²) in [5.74, 6) is -0.0711. The Labute approximate surface area is 126 Å². The van der Waals surface area contributed by atoms with E-state index in [9.17, 15) is 9.18 Å². The van der Waals surface area contributed by atoms with Crippen LogP contribution in [0.1, 0.15) is 0 Å². The minimum atomic E-state index is -0.322. The lowest BCUT2D eigenvalue weighted by Gasteiger charge is -2.07. The molecule has 0 radical (unpaired) electrons. The third kappa shape index (κ3) is 2.68. The van der Waals surface area contributed by atoms with Crippen LogP contribution in [0, 0.1) is 5.82 Å². The summed E-state index contributed by atoms with van der Waals surface area (Å²) in [5.41, 5.74) is 1.99. The molecule has 0 unspecified atom stereocenters. The Morgan fingerprint density at radius 2 is 2.05 bits per heavy atom. The molecule has 0 aliphatic heterocycles. The third-order valence-electron chi connectivity index (χ3n) is 3.18. The first-order chi connectivity index (χ1) is 10.7. The average Bonchev–Trinajstić information content (AvgIpc) is 2.87. The summed E-state index contributed by atoms with van der Waals surface area (Å²) in [6, 6.07) is 11.5. The van der Waals surface area contributed by atoms with Crippen LogP contribution in [0.4, 0.5) is 10.2 Å². The molecule has 112 valence electrons. The normalized spacial score (nSPS) is 10.8. The van der Waals surface area contributed by atoms with Gasteiger partial charge in [0, 0.05) is 18.9 Å². The number of pyridine rings is 1. The molecule has 0 aliphatic rings. The van der Waals surface area contributed by atoms with Gasteiger partial charge in [0.2, 0.25) is 0 Å². The number of carbonyl (C=O) groups is 1. The quantitative estimate of drug-likeness (QED) is 0.806. The lowest BCUT2D eigenvalue weighted by molar-refractivity contribution is -0.119. The zero-order valence-electron chi connectivity index (χ0n) is 11.9. The minimum absolute atomic E-state index is 0.0527. The second kappa shape index (κ2) is 5.95. The van der Waals surface area contributed by atoms with Gasteiger partial charge in [0.05, 0.1) is 0 Å². The number of benzene rings is 1. The van der Waals surface area contributed by atoms with Crippen LogP contribution in [-0.4, -0.2) is 29.0 Å². The van der Waals surface area contributed by atoms with Crippen LogP contribution in [0.5, 0.6) is 0 Å². The van der Waals surface area contributed by atoms with E-state index in [1.54, 1.807) is 22.7 Å². The van der Waals surface area contributed by atoms with Gasteiger partial charge in [-0.1, -0.05) is 6.07 Å². The van der Waals surface area contributed by atoms with Gasteiger partial charge in [0.1, 0.15) is 29.6 Å². The summed E-state index contributed by atoms with van der Waals surface area (Å²) < 4.78 is 19.7. The average molecular weight is 299 g/mol. The first-order valence-electron chi connectivity index (χ1n) is 6.71. The molecule has 3 aromatic rings. The van der Waals surface area contributed by atoms with Gasteiger partial charge >= 0.3 is 0 Å². The number of hydrogen-bond acceptors (Lipinski definition) is 3. The van der Waals surface area contributed by atoms with Gasteiger partial charge in [-0.25, -0.2) is 9.37 Å². The van der Waals surface area contributed by atoms with E-state index < -0.39 is 0 Å². The number of rotatable bonds is 4. The summed E-state index contributed by atoms with van der Waals surface area (Å²) in [6.45, 7) is -0.0527. The largest absolute Gasteiger partial charge is 0.375 e. The van der Waals surface area contributed by atoms with Crippen LogP contribution in [0.15, 0.2) is 48.7 Å². The highest BCUT2D eigenvalue weighted by Crippen LogP contribution is 2.28. The third-order valence-corrected chi connectivity index (χ3v) is 3.18. The second-order valence-corrected chi connectivity index (χ2v) is 4.73. The highest BCUT2D eigenvalue weighted by Gasteiger charge is 2.16. The molecule has 0 aliphatic carbocycles. The first kappa shape index (κ1) is 14.2. The molecular formula is C16H14FN3O2. The van der Waals surface area contributed by atoms with E-state index >= 15 is 0 Å². The SMILES string of the molecule is COCC(=O)Nc1c(-c2ccc(F)cc2)nc2ccccn12. The number of carbonyl (C=O) groups excluding carboxylic acids is 1. The van der Waals surface area contributed by atoms with Crippen LogP contribution in [0.25, 0.3) is 16.9 Å². The number of anilines is 1. The van der Waals surface area contributed by atoms with E-state index in [2.05, 4.69) is 10.3 Å². The van der Waals surface area contributed by atoms with E-state index in [-0.39, 0.29) is 18.3 Å². The molecule has 1 amide bonds. The van der Waals surface area contributed by atoms with E-state index in [1.165, 1.54) is 19.2 Å². The molecule has 6 heteroatoms. The Morgan fingerprint density at radius 3 is 2.77 bits per heavy atom. The van der Waals surface area contributed by atoms with Crippen molar-refractivity contribution in [3.05, 3.63) is 54.5 Å². The van der Waals surface area contributed by atoms with Gasteiger partial charge in [-0.05, 0) is 36.4 Å². The Bertz CT molecular complexity index is 812. The molecule has 0 spiro atoms. The number of ether oxygens (including phenoxy) is 1. The molecule has 1 aromatic carbocycles. The Hall–Kier alpha value is -2.73. The Kier molecular flexibility index (Phi) is 3.84. The van der Waals surface area contributed by atoms with E-state index in [0.717, 1.165) is 5.56 Å². The van der Waals surface area contributed by atoms with Crippen LogP contribution in [0.3, 0.4) is 0 Å². The molecule has 1 N–H and O–H groups in total. The topological polar surface area (TPSA) is 55.6 Å².